The zero-order chi connectivity index (χ0) is 24.1. The van der Waals surface area contributed by atoms with Gasteiger partial charge in [0.05, 0.1) is 27.1 Å². The predicted molar refractivity (Wildman–Crippen MR) is 105 cm³/mol. The lowest BCUT2D eigenvalue weighted by molar-refractivity contribution is -0.388. The van der Waals surface area contributed by atoms with Gasteiger partial charge in [-0.05, 0) is 31.2 Å². The van der Waals surface area contributed by atoms with Crippen LogP contribution in [0.5, 0.6) is 5.75 Å². The van der Waals surface area contributed by atoms with Gasteiger partial charge in [-0.25, -0.2) is 13.2 Å². The highest BCUT2D eigenvalue weighted by Gasteiger charge is 2.47. The maximum atomic E-state index is 12.7. The van der Waals surface area contributed by atoms with Crippen LogP contribution in [-0.4, -0.2) is 43.1 Å². The number of esters is 2. The lowest BCUT2D eigenvalue weighted by Gasteiger charge is -2.10. The standard InChI is InChI=1S/C18H14F3NO8S2/c1-2-29-17(24)12-5-3-4-6-14(12)30-16(23)10-31-15-8-7-11(9-13(15)22(25)26)32(27,28)18(19,20)21/h3-9H,2,10H2,1H3. The highest BCUT2D eigenvalue weighted by molar-refractivity contribution is 8.00. The van der Waals surface area contributed by atoms with Gasteiger partial charge in [0.15, 0.2) is 0 Å². The topological polar surface area (TPSA) is 130 Å². The molecule has 0 radical (unpaired) electrons. The molecule has 172 valence electrons. The molecule has 0 aliphatic carbocycles. The summed E-state index contributed by atoms with van der Waals surface area (Å²) in [5, 5.41) is 11.2. The number of thioether (sulfide) groups is 1. The van der Waals surface area contributed by atoms with E-state index < -0.39 is 48.5 Å². The normalized spacial score (nSPS) is 11.6. The van der Waals surface area contributed by atoms with Crippen LogP contribution in [0.25, 0.3) is 0 Å². The van der Waals surface area contributed by atoms with Gasteiger partial charge in [0, 0.05) is 6.07 Å². The van der Waals surface area contributed by atoms with Crippen molar-refractivity contribution in [2.45, 2.75) is 22.2 Å². The molecule has 0 heterocycles. The molecule has 0 saturated heterocycles. The van der Waals surface area contributed by atoms with E-state index in [1.54, 1.807) is 6.92 Å². The van der Waals surface area contributed by atoms with Gasteiger partial charge in [0.1, 0.15) is 11.3 Å². The molecule has 0 saturated carbocycles. The number of carbonyl (C=O) groups excluding carboxylic acids is 2. The van der Waals surface area contributed by atoms with Crippen LogP contribution in [0, 0.1) is 10.1 Å². The Morgan fingerprint density at radius 2 is 1.81 bits per heavy atom. The molecule has 0 spiro atoms. The van der Waals surface area contributed by atoms with Gasteiger partial charge in [-0.1, -0.05) is 12.1 Å². The molecule has 0 atom stereocenters. The molecule has 0 aliphatic rings. The highest BCUT2D eigenvalue weighted by atomic mass is 32.2. The maximum Gasteiger partial charge on any atom is 0.501 e. The van der Waals surface area contributed by atoms with Gasteiger partial charge >= 0.3 is 17.4 Å². The van der Waals surface area contributed by atoms with Gasteiger partial charge in [0.25, 0.3) is 15.5 Å². The number of sulfone groups is 1. The fourth-order valence-corrected chi connectivity index (χ4v) is 3.84. The Balaban J connectivity index is 2.20. The number of para-hydroxylation sites is 1. The summed E-state index contributed by atoms with van der Waals surface area (Å²) in [6.45, 7) is 1.67. The quantitative estimate of drug-likeness (QED) is 0.177. The Morgan fingerprint density at radius 1 is 1.16 bits per heavy atom. The predicted octanol–water partition coefficient (Wildman–Crippen LogP) is 3.76. The second-order valence-corrected chi connectivity index (χ2v) is 8.77. The molecule has 9 nitrogen and oxygen atoms in total. The summed E-state index contributed by atoms with van der Waals surface area (Å²) in [4.78, 5) is 32.6. The van der Waals surface area contributed by atoms with E-state index in [-0.39, 0.29) is 28.9 Å². The molecule has 0 N–H and O–H groups in total. The van der Waals surface area contributed by atoms with Gasteiger partial charge in [-0.2, -0.15) is 13.2 Å². The van der Waals surface area contributed by atoms with Crippen LogP contribution in [0.2, 0.25) is 0 Å². The molecule has 0 fully saturated rings. The zero-order valence-electron chi connectivity index (χ0n) is 16.1. The first-order chi connectivity index (χ1) is 14.9. The van der Waals surface area contributed by atoms with Gasteiger partial charge < -0.3 is 9.47 Å². The van der Waals surface area contributed by atoms with Crippen molar-refractivity contribution in [3.8, 4) is 5.75 Å². The van der Waals surface area contributed by atoms with E-state index in [0.717, 1.165) is 6.07 Å². The Labute approximate surface area is 183 Å². The zero-order valence-corrected chi connectivity index (χ0v) is 17.8. The van der Waals surface area contributed by atoms with E-state index in [4.69, 9.17) is 9.47 Å². The molecule has 0 aromatic heterocycles. The third-order valence-corrected chi connectivity index (χ3v) is 6.21. The van der Waals surface area contributed by atoms with Gasteiger partial charge in [-0.15, -0.1) is 11.8 Å². The summed E-state index contributed by atoms with van der Waals surface area (Å²) >= 11 is 0.546. The highest BCUT2D eigenvalue weighted by Crippen LogP contribution is 2.36. The van der Waals surface area contributed by atoms with Crippen molar-refractivity contribution >= 4 is 39.2 Å². The molecular weight excluding hydrogens is 479 g/mol. The summed E-state index contributed by atoms with van der Waals surface area (Å²) in [6, 6.07) is 7.31. The molecule has 0 amide bonds. The molecule has 32 heavy (non-hydrogen) atoms. The number of carbonyl (C=O) groups is 2. The number of nitro groups is 1. The molecule has 0 bridgehead atoms. The molecule has 0 unspecified atom stereocenters. The van der Waals surface area contributed by atoms with Crippen molar-refractivity contribution in [3.05, 3.63) is 58.1 Å². The number of alkyl halides is 3. The number of nitrogens with zero attached hydrogens (tertiary/aromatic N) is 1. The summed E-state index contributed by atoms with van der Waals surface area (Å²) in [7, 11) is -5.79. The van der Waals surface area contributed by atoms with Crippen LogP contribution in [0.1, 0.15) is 17.3 Å². The van der Waals surface area contributed by atoms with Crippen molar-refractivity contribution in [3.63, 3.8) is 0 Å². The Hall–Kier alpha value is -3.13. The minimum absolute atomic E-state index is 0.0274. The van der Waals surface area contributed by atoms with Crippen LogP contribution in [-0.2, 0) is 19.4 Å². The van der Waals surface area contributed by atoms with Gasteiger partial charge in [0.2, 0.25) is 0 Å². The van der Waals surface area contributed by atoms with Crippen molar-refractivity contribution in [1.82, 2.24) is 0 Å². The SMILES string of the molecule is CCOC(=O)c1ccccc1OC(=O)CSc1ccc(S(=O)(=O)C(F)(F)F)cc1[N+](=O)[O-]. The van der Waals surface area contributed by atoms with Crippen LogP contribution in [0.15, 0.2) is 52.3 Å². The number of halogens is 3. The fraction of sp³-hybridized carbons (Fsp3) is 0.222. The third-order valence-electron chi connectivity index (χ3n) is 3.69. The number of nitro benzene ring substituents is 1. The van der Waals surface area contributed by atoms with Crippen molar-refractivity contribution in [2.24, 2.45) is 0 Å². The number of hydrogen-bond acceptors (Lipinski definition) is 9. The first-order valence-electron chi connectivity index (χ1n) is 8.58. The smallest absolute Gasteiger partial charge is 0.462 e. The van der Waals surface area contributed by atoms with E-state index in [1.165, 1.54) is 24.3 Å². The summed E-state index contributed by atoms with van der Waals surface area (Å²) in [6.07, 6.45) is 0. The first-order valence-corrected chi connectivity index (χ1v) is 11.0. The number of ether oxygens (including phenoxy) is 2. The monoisotopic (exact) mass is 493 g/mol. The van der Waals surface area contributed by atoms with E-state index in [0.29, 0.717) is 17.8 Å². The van der Waals surface area contributed by atoms with Crippen molar-refractivity contribution in [1.29, 1.82) is 0 Å². The van der Waals surface area contributed by atoms with Crippen LogP contribution < -0.4 is 4.74 Å². The number of rotatable bonds is 8. The fourth-order valence-electron chi connectivity index (χ4n) is 2.28. The largest absolute Gasteiger partial charge is 0.501 e. The average Bonchev–Trinajstić information content (AvgIpc) is 2.71. The minimum atomic E-state index is -5.79. The van der Waals surface area contributed by atoms with Crippen LogP contribution >= 0.6 is 11.8 Å². The summed E-state index contributed by atoms with van der Waals surface area (Å²) < 4.78 is 71.0. The lowest BCUT2D eigenvalue weighted by atomic mass is 10.2. The van der Waals surface area contributed by atoms with E-state index in [2.05, 4.69) is 0 Å². The van der Waals surface area contributed by atoms with E-state index in [1.807, 2.05) is 0 Å². The van der Waals surface area contributed by atoms with Crippen molar-refractivity contribution in [2.75, 3.05) is 12.4 Å². The molecule has 2 aromatic carbocycles. The molecule has 2 rings (SSSR count). The summed E-state index contributed by atoms with van der Waals surface area (Å²) in [5.74, 6) is -2.30. The molecule has 14 heteroatoms. The van der Waals surface area contributed by atoms with E-state index >= 15 is 0 Å². The Bertz CT molecular complexity index is 1150. The second kappa shape index (κ2) is 9.99. The van der Waals surface area contributed by atoms with E-state index in [9.17, 15) is 41.3 Å². The average molecular weight is 493 g/mol. The molecule has 2 aromatic rings. The first kappa shape index (κ1) is 25.1. The Kier molecular flexibility index (Phi) is 7.85. The van der Waals surface area contributed by atoms with Crippen LogP contribution in [0.3, 0.4) is 0 Å². The van der Waals surface area contributed by atoms with Crippen LogP contribution in [0.4, 0.5) is 18.9 Å². The van der Waals surface area contributed by atoms with Gasteiger partial charge in [-0.3, -0.25) is 14.9 Å². The maximum absolute atomic E-state index is 12.7. The minimum Gasteiger partial charge on any atom is -0.462 e. The second-order valence-electron chi connectivity index (χ2n) is 5.82. The van der Waals surface area contributed by atoms with Crippen molar-refractivity contribution < 1.29 is 45.6 Å². The summed E-state index contributed by atoms with van der Waals surface area (Å²) in [5.41, 5.74) is -6.59. The Morgan fingerprint density at radius 3 is 2.41 bits per heavy atom. The molecule has 0 aliphatic heterocycles. The molecular formula is C18H14F3NO8S2. The number of hydrogen-bond donors (Lipinski definition) is 0. The lowest BCUT2D eigenvalue weighted by Crippen LogP contribution is -2.23. The number of benzene rings is 2. The third kappa shape index (κ3) is 5.76.